The van der Waals surface area contributed by atoms with Crippen molar-refractivity contribution in [1.29, 1.82) is 0 Å². The summed E-state index contributed by atoms with van der Waals surface area (Å²) in [6, 6.07) is 9.54. The predicted molar refractivity (Wildman–Crippen MR) is 82.8 cm³/mol. The molecule has 1 aromatic rings. The third kappa shape index (κ3) is 3.71. The molecule has 1 aromatic carbocycles. The fourth-order valence-corrected chi connectivity index (χ4v) is 3.32. The lowest BCUT2D eigenvalue weighted by Gasteiger charge is -2.39. The predicted octanol–water partition coefficient (Wildman–Crippen LogP) is 3.87. The van der Waals surface area contributed by atoms with E-state index in [4.69, 9.17) is 11.6 Å². The monoisotopic (exact) mass is 280 g/mol. The fourth-order valence-electron chi connectivity index (χ4n) is 3.20. The van der Waals surface area contributed by atoms with E-state index in [1.165, 1.54) is 24.9 Å². The second kappa shape index (κ2) is 7.28. The first-order chi connectivity index (χ1) is 9.26. The fraction of sp³-hybridized carbons (Fsp3) is 0.625. The number of benzene rings is 1. The molecule has 2 unspecified atom stereocenters. The molecule has 1 saturated heterocycles. The maximum Gasteiger partial charge on any atom is 0.0406 e. The maximum absolute atomic E-state index is 6.00. The van der Waals surface area contributed by atoms with E-state index in [9.17, 15) is 0 Å². The second-order valence-electron chi connectivity index (χ2n) is 5.31. The molecule has 0 saturated carbocycles. The Morgan fingerprint density at radius 3 is 2.58 bits per heavy atom. The average molecular weight is 281 g/mol. The van der Waals surface area contributed by atoms with Crippen molar-refractivity contribution in [3.8, 4) is 0 Å². The first-order valence-corrected chi connectivity index (χ1v) is 7.86. The van der Waals surface area contributed by atoms with E-state index >= 15 is 0 Å². The molecule has 0 amide bonds. The molecular weight excluding hydrogens is 256 g/mol. The van der Waals surface area contributed by atoms with Crippen molar-refractivity contribution in [2.24, 2.45) is 0 Å². The van der Waals surface area contributed by atoms with Gasteiger partial charge >= 0.3 is 0 Å². The van der Waals surface area contributed by atoms with Gasteiger partial charge in [0.2, 0.25) is 0 Å². The number of piperidine rings is 1. The lowest BCUT2D eigenvalue weighted by molar-refractivity contribution is 0.115. The van der Waals surface area contributed by atoms with Gasteiger partial charge in [0.05, 0.1) is 0 Å². The van der Waals surface area contributed by atoms with Gasteiger partial charge < -0.3 is 5.32 Å². The van der Waals surface area contributed by atoms with E-state index in [2.05, 4.69) is 36.2 Å². The molecule has 106 valence electrons. The highest BCUT2D eigenvalue weighted by Gasteiger charge is 2.26. The van der Waals surface area contributed by atoms with Gasteiger partial charge in [-0.1, -0.05) is 37.6 Å². The molecule has 0 aromatic heterocycles. The topological polar surface area (TPSA) is 15.3 Å². The van der Waals surface area contributed by atoms with Crippen molar-refractivity contribution >= 4 is 11.6 Å². The Hall–Kier alpha value is -0.570. The van der Waals surface area contributed by atoms with Crippen molar-refractivity contribution in [3.05, 3.63) is 34.9 Å². The second-order valence-corrected chi connectivity index (χ2v) is 5.74. The zero-order chi connectivity index (χ0) is 13.7. The van der Waals surface area contributed by atoms with Crippen LogP contribution in [0.2, 0.25) is 5.02 Å². The van der Waals surface area contributed by atoms with E-state index in [-0.39, 0.29) is 0 Å². The third-order valence-corrected chi connectivity index (χ3v) is 4.40. The zero-order valence-corrected chi connectivity index (χ0v) is 12.8. The molecule has 3 heteroatoms. The molecule has 1 heterocycles. The largest absolute Gasteiger partial charge is 0.315 e. The molecule has 2 rings (SSSR count). The number of hydrogen-bond donors (Lipinski definition) is 1. The lowest BCUT2D eigenvalue weighted by atomic mass is 9.97. The summed E-state index contributed by atoms with van der Waals surface area (Å²) in [4.78, 5) is 2.65. The zero-order valence-electron chi connectivity index (χ0n) is 12.0. The highest BCUT2D eigenvalue weighted by Crippen LogP contribution is 2.28. The van der Waals surface area contributed by atoms with Crippen molar-refractivity contribution < 1.29 is 0 Å². The van der Waals surface area contributed by atoms with Gasteiger partial charge in [0.15, 0.2) is 0 Å². The Kier molecular flexibility index (Phi) is 5.68. The molecule has 1 N–H and O–H groups in total. The van der Waals surface area contributed by atoms with E-state index in [0.717, 1.165) is 24.5 Å². The normalized spacial score (nSPS) is 21.6. The van der Waals surface area contributed by atoms with Crippen LogP contribution in [0.15, 0.2) is 24.3 Å². The highest BCUT2D eigenvalue weighted by molar-refractivity contribution is 6.30. The first-order valence-electron chi connectivity index (χ1n) is 7.48. The van der Waals surface area contributed by atoms with Gasteiger partial charge in [0, 0.05) is 23.7 Å². The van der Waals surface area contributed by atoms with E-state index in [0.29, 0.717) is 12.1 Å². The SMILES string of the molecule is CCC(c1ccc(Cl)cc1)N(CC)C1CCCNC1. The van der Waals surface area contributed by atoms with Crippen LogP contribution in [0.4, 0.5) is 0 Å². The van der Waals surface area contributed by atoms with Crippen LogP contribution in [0.3, 0.4) is 0 Å². The molecule has 2 atom stereocenters. The summed E-state index contributed by atoms with van der Waals surface area (Å²) in [7, 11) is 0. The molecule has 1 fully saturated rings. The van der Waals surface area contributed by atoms with Gasteiger partial charge in [-0.05, 0) is 50.0 Å². The smallest absolute Gasteiger partial charge is 0.0406 e. The van der Waals surface area contributed by atoms with E-state index in [1.54, 1.807) is 0 Å². The first kappa shape index (κ1) is 14.8. The van der Waals surface area contributed by atoms with Crippen LogP contribution in [0.25, 0.3) is 0 Å². The maximum atomic E-state index is 6.00. The van der Waals surface area contributed by atoms with Gasteiger partial charge in [-0.25, -0.2) is 0 Å². The minimum Gasteiger partial charge on any atom is -0.315 e. The number of nitrogens with zero attached hydrogens (tertiary/aromatic N) is 1. The number of rotatable bonds is 5. The molecule has 0 aliphatic carbocycles. The number of nitrogens with one attached hydrogen (secondary N) is 1. The van der Waals surface area contributed by atoms with Crippen LogP contribution in [-0.4, -0.2) is 30.6 Å². The van der Waals surface area contributed by atoms with Crippen molar-refractivity contribution in [1.82, 2.24) is 10.2 Å². The van der Waals surface area contributed by atoms with Gasteiger partial charge in [-0.3, -0.25) is 4.90 Å². The summed E-state index contributed by atoms with van der Waals surface area (Å²) in [6.45, 7) is 7.95. The van der Waals surface area contributed by atoms with Gasteiger partial charge in [-0.2, -0.15) is 0 Å². The quantitative estimate of drug-likeness (QED) is 0.881. The van der Waals surface area contributed by atoms with E-state index in [1.807, 2.05) is 12.1 Å². The van der Waals surface area contributed by atoms with Crippen LogP contribution < -0.4 is 5.32 Å². The van der Waals surface area contributed by atoms with Crippen LogP contribution in [0.5, 0.6) is 0 Å². The molecule has 0 bridgehead atoms. The number of halogens is 1. The molecular formula is C16H25ClN2. The Morgan fingerprint density at radius 2 is 2.05 bits per heavy atom. The standard InChI is InChI=1S/C16H25ClN2/c1-3-16(13-7-9-14(17)10-8-13)19(4-2)15-6-5-11-18-12-15/h7-10,15-16,18H,3-6,11-12H2,1-2H3. The summed E-state index contributed by atoms with van der Waals surface area (Å²) in [6.07, 6.45) is 3.75. The minimum atomic E-state index is 0.507. The van der Waals surface area contributed by atoms with Crippen LogP contribution in [-0.2, 0) is 0 Å². The van der Waals surface area contributed by atoms with Crippen LogP contribution >= 0.6 is 11.6 Å². The van der Waals surface area contributed by atoms with Crippen molar-refractivity contribution in [2.75, 3.05) is 19.6 Å². The van der Waals surface area contributed by atoms with Gasteiger partial charge in [-0.15, -0.1) is 0 Å². The highest BCUT2D eigenvalue weighted by atomic mass is 35.5. The lowest BCUT2D eigenvalue weighted by Crippen LogP contribution is -2.47. The Balaban J connectivity index is 2.15. The van der Waals surface area contributed by atoms with E-state index < -0.39 is 0 Å². The Morgan fingerprint density at radius 1 is 1.32 bits per heavy atom. The molecule has 0 spiro atoms. The third-order valence-electron chi connectivity index (χ3n) is 4.15. The summed E-state index contributed by atoms with van der Waals surface area (Å²) >= 11 is 6.00. The molecule has 1 aliphatic heterocycles. The molecule has 19 heavy (non-hydrogen) atoms. The Labute approximate surface area is 122 Å². The molecule has 0 radical (unpaired) electrons. The minimum absolute atomic E-state index is 0.507. The summed E-state index contributed by atoms with van der Waals surface area (Å²) in [5, 5.41) is 4.35. The van der Waals surface area contributed by atoms with Crippen molar-refractivity contribution in [2.45, 2.75) is 45.2 Å². The summed E-state index contributed by atoms with van der Waals surface area (Å²) < 4.78 is 0. The summed E-state index contributed by atoms with van der Waals surface area (Å²) in [5.74, 6) is 0. The molecule has 2 nitrogen and oxygen atoms in total. The van der Waals surface area contributed by atoms with Gasteiger partial charge in [0.25, 0.3) is 0 Å². The van der Waals surface area contributed by atoms with Crippen LogP contribution in [0.1, 0.15) is 44.7 Å². The summed E-state index contributed by atoms with van der Waals surface area (Å²) in [5.41, 5.74) is 1.39. The average Bonchev–Trinajstić information content (AvgIpc) is 2.47. The Bertz CT molecular complexity index is 371. The number of hydrogen-bond acceptors (Lipinski definition) is 2. The van der Waals surface area contributed by atoms with Crippen molar-refractivity contribution in [3.63, 3.8) is 0 Å². The molecule has 1 aliphatic rings. The van der Waals surface area contributed by atoms with Gasteiger partial charge in [0.1, 0.15) is 0 Å². The van der Waals surface area contributed by atoms with Crippen LogP contribution in [0, 0.1) is 0 Å². The number of likely N-dealkylation sites (N-methyl/N-ethyl adjacent to an activating group) is 1.